The fraction of sp³-hybridized carbons (Fsp3) is 0.211. The highest BCUT2D eigenvalue weighted by Gasteiger charge is 2.30. The van der Waals surface area contributed by atoms with E-state index in [1.54, 1.807) is 6.92 Å². The van der Waals surface area contributed by atoms with Crippen molar-refractivity contribution in [3.8, 4) is 0 Å². The third-order valence-electron chi connectivity index (χ3n) is 12.3. The van der Waals surface area contributed by atoms with Crippen LogP contribution in [0.15, 0.2) is 152 Å². The summed E-state index contributed by atoms with van der Waals surface area (Å²) in [5.41, 5.74) is 27.2. The number of aryl methyl sites for hydroxylation is 10. The van der Waals surface area contributed by atoms with Gasteiger partial charge in [0.2, 0.25) is 0 Å². The maximum atomic E-state index is 11.7. The van der Waals surface area contributed by atoms with Crippen molar-refractivity contribution >= 4 is 62.0 Å². The summed E-state index contributed by atoms with van der Waals surface area (Å²) in [6.45, 7) is 21.2. The van der Waals surface area contributed by atoms with Gasteiger partial charge in [0.1, 0.15) is 0 Å². The molecule has 0 radical (unpaired) electrons. The Bertz CT molecular complexity index is 2980. The number of benzene rings is 4. The maximum absolute atomic E-state index is 11.7. The molecule has 5 heterocycles. The van der Waals surface area contributed by atoms with Gasteiger partial charge in [-0.05, 0) is 179 Å². The van der Waals surface area contributed by atoms with Crippen LogP contribution in [-0.4, -0.2) is 33.7 Å². The smallest absolute Gasteiger partial charge is 0.185 e. The van der Waals surface area contributed by atoms with Crippen molar-refractivity contribution < 1.29 is 4.79 Å². The fourth-order valence-electron chi connectivity index (χ4n) is 10.0. The highest BCUT2D eigenvalue weighted by atomic mass is 32.2. The van der Waals surface area contributed by atoms with E-state index >= 15 is 0 Å². The molecule has 6 heteroatoms. The average molecular weight is 841 g/mol. The molecule has 5 nitrogen and oxygen atoms in total. The van der Waals surface area contributed by atoms with E-state index in [0.29, 0.717) is 0 Å². The molecule has 0 amide bonds. The van der Waals surface area contributed by atoms with Crippen LogP contribution < -0.4 is 0 Å². The van der Waals surface area contributed by atoms with Crippen LogP contribution in [0, 0.1) is 62.3 Å². The van der Waals surface area contributed by atoms with Gasteiger partial charge in [0.15, 0.2) is 5.12 Å². The minimum absolute atomic E-state index is 0.139. The van der Waals surface area contributed by atoms with E-state index in [2.05, 4.69) is 172 Å². The van der Waals surface area contributed by atoms with Gasteiger partial charge < -0.3 is 0 Å². The topological polar surface area (TPSA) is 66.5 Å². The first-order chi connectivity index (χ1) is 30.2. The molecule has 0 unspecified atom stereocenters. The fourth-order valence-corrected chi connectivity index (χ4v) is 10.7. The van der Waals surface area contributed by atoms with Crippen LogP contribution in [0.2, 0.25) is 0 Å². The lowest BCUT2D eigenvalue weighted by molar-refractivity contribution is -0.109. The number of thioether (sulfide) groups is 1. The summed E-state index contributed by atoms with van der Waals surface area (Å²) in [6.07, 6.45) is 18.0. The summed E-state index contributed by atoms with van der Waals surface area (Å²) in [5.74, 6) is 0.748. The summed E-state index contributed by atoms with van der Waals surface area (Å²) in [7, 11) is 0. The SMILES string of the molecule is CC(=O)SCCc1ccc(C2=C3C=CC(=N3)C(c3c(C)cc(C)cc3C)=C3C=CC(=N3)C(c3c(C)cc(C)cc3C)=C3C=CC(=N3)C(c3c(C)cc(C)cc3C)=C3C=CC2=N3)cc1. The van der Waals surface area contributed by atoms with Gasteiger partial charge in [-0.25, -0.2) is 20.0 Å². The van der Waals surface area contributed by atoms with E-state index in [0.717, 1.165) is 102 Å². The second kappa shape index (κ2) is 16.7. The van der Waals surface area contributed by atoms with Gasteiger partial charge in [0.05, 0.1) is 45.6 Å². The highest BCUT2D eigenvalue weighted by Crippen LogP contribution is 2.41. The molecule has 63 heavy (non-hydrogen) atoms. The van der Waals surface area contributed by atoms with Crippen molar-refractivity contribution in [2.24, 2.45) is 20.0 Å². The quantitative estimate of drug-likeness (QED) is 0.186. The zero-order chi connectivity index (χ0) is 44.3. The first kappa shape index (κ1) is 41.8. The van der Waals surface area contributed by atoms with E-state index in [-0.39, 0.29) is 5.12 Å². The summed E-state index contributed by atoms with van der Waals surface area (Å²) < 4.78 is 0. The molecule has 8 bridgehead atoms. The summed E-state index contributed by atoms with van der Waals surface area (Å²) in [5, 5.41) is 0.139. The predicted molar refractivity (Wildman–Crippen MR) is 269 cm³/mol. The number of hydrogen-bond donors (Lipinski definition) is 0. The van der Waals surface area contributed by atoms with Gasteiger partial charge in [-0.3, -0.25) is 4.79 Å². The molecule has 5 aliphatic heterocycles. The molecule has 0 N–H and O–H groups in total. The molecule has 312 valence electrons. The normalized spacial score (nSPS) is 16.5. The molecule has 0 fully saturated rings. The minimum atomic E-state index is 0.139. The van der Waals surface area contributed by atoms with Gasteiger partial charge in [0.25, 0.3) is 0 Å². The van der Waals surface area contributed by atoms with Gasteiger partial charge >= 0.3 is 0 Å². The van der Waals surface area contributed by atoms with Crippen molar-refractivity contribution in [2.75, 3.05) is 5.75 Å². The number of allylic oxidation sites excluding steroid dienone is 12. The number of carbonyl (C=O) groups is 1. The van der Waals surface area contributed by atoms with Crippen LogP contribution in [0.5, 0.6) is 0 Å². The molecule has 9 rings (SSSR count). The monoisotopic (exact) mass is 840 g/mol. The van der Waals surface area contributed by atoms with Gasteiger partial charge in [-0.2, -0.15) is 0 Å². The maximum Gasteiger partial charge on any atom is 0.185 e. The van der Waals surface area contributed by atoms with Crippen molar-refractivity contribution in [1.29, 1.82) is 0 Å². The number of hydrogen-bond acceptors (Lipinski definition) is 6. The molecule has 0 saturated heterocycles. The molecular formula is C57H52N4OS. The van der Waals surface area contributed by atoms with E-state index in [1.807, 2.05) is 0 Å². The number of aliphatic imine (C=N–C) groups is 4. The van der Waals surface area contributed by atoms with Gasteiger partial charge in [-0.1, -0.05) is 89.1 Å². The number of nitrogens with zero attached hydrogens (tertiary/aromatic N) is 4. The van der Waals surface area contributed by atoms with E-state index in [1.165, 1.54) is 67.4 Å². The van der Waals surface area contributed by atoms with Crippen LogP contribution in [0.4, 0.5) is 0 Å². The Labute approximate surface area is 376 Å². The lowest BCUT2D eigenvalue weighted by Crippen LogP contribution is -2.07. The largest absolute Gasteiger partial charge is 0.288 e. The molecular weight excluding hydrogens is 789 g/mol. The second-order valence-corrected chi connectivity index (χ2v) is 18.7. The number of rotatable bonds is 7. The molecule has 5 aliphatic rings. The minimum Gasteiger partial charge on any atom is -0.288 e. The summed E-state index contributed by atoms with van der Waals surface area (Å²) in [4.78, 5) is 33.9. The summed E-state index contributed by atoms with van der Waals surface area (Å²) in [6, 6.07) is 22.2. The van der Waals surface area contributed by atoms with E-state index < -0.39 is 0 Å². The van der Waals surface area contributed by atoms with Gasteiger partial charge in [0, 0.05) is 35.0 Å². The lowest BCUT2D eigenvalue weighted by atomic mass is 9.89. The first-order valence-corrected chi connectivity index (χ1v) is 22.8. The van der Waals surface area contributed by atoms with E-state index in [4.69, 9.17) is 20.0 Å². The first-order valence-electron chi connectivity index (χ1n) is 21.8. The Morgan fingerprint density at radius 2 is 0.730 bits per heavy atom. The Morgan fingerprint density at radius 1 is 0.429 bits per heavy atom. The number of fused-ring (bicyclic) bond motifs is 4. The van der Waals surface area contributed by atoms with Gasteiger partial charge in [-0.15, -0.1) is 0 Å². The van der Waals surface area contributed by atoms with Crippen LogP contribution in [-0.2, 0) is 11.2 Å². The standard InChI is InChI=1S/C57H52N4OS/c1-31-25-34(4)51(35(5)26-31)55-45-17-15-43(58-45)54(42-13-11-41(12-14-42)23-24-63-40(10)62)44-16-18-46(59-44)56(52-36(6)27-32(2)28-37(52)7)48-20-22-50(61-48)57(49-21-19-47(55)60-49)53-38(8)29-33(3)30-39(53)9/h11-22,25-30H,23-24H2,1-10H3. The van der Waals surface area contributed by atoms with Crippen LogP contribution in [0.25, 0.3) is 22.3 Å². The third kappa shape index (κ3) is 7.93. The van der Waals surface area contributed by atoms with Crippen LogP contribution in [0.1, 0.15) is 84.8 Å². The molecule has 0 aliphatic carbocycles. The predicted octanol–water partition coefficient (Wildman–Crippen LogP) is 13.3. The second-order valence-electron chi connectivity index (χ2n) is 17.5. The molecule has 0 saturated carbocycles. The Hall–Kier alpha value is -6.50. The zero-order valence-electron chi connectivity index (χ0n) is 37.9. The highest BCUT2D eigenvalue weighted by molar-refractivity contribution is 8.13. The third-order valence-corrected chi connectivity index (χ3v) is 13.1. The van der Waals surface area contributed by atoms with Crippen molar-refractivity contribution in [3.63, 3.8) is 0 Å². The Morgan fingerprint density at radius 3 is 1.05 bits per heavy atom. The van der Waals surface area contributed by atoms with Crippen LogP contribution >= 0.6 is 11.8 Å². The summed E-state index contributed by atoms with van der Waals surface area (Å²) >= 11 is 1.36. The molecule has 4 aromatic carbocycles. The van der Waals surface area contributed by atoms with Crippen LogP contribution in [0.3, 0.4) is 0 Å². The van der Waals surface area contributed by atoms with Crippen molar-refractivity contribution in [2.45, 2.75) is 75.7 Å². The molecule has 0 atom stereocenters. The molecule has 4 aromatic rings. The van der Waals surface area contributed by atoms with Crippen molar-refractivity contribution in [3.05, 3.63) is 210 Å². The lowest BCUT2D eigenvalue weighted by Gasteiger charge is -2.18. The molecule has 0 spiro atoms. The van der Waals surface area contributed by atoms with E-state index in [9.17, 15) is 4.79 Å². The Kier molecular flexibility index (Phi) is 11.1. The Balaban J connectivity index is 1.37. The van der Waals surface area contributed by atoms with Crippen molar-refractivity contribution in [1.82, 2.24) is 0 Å². The average Bonchev–Trinajstić information content (AvgIpc) is 4.05. The number of carbonyl (C=O) groups excluding carboxylic acids is 1. The zero-order valence-corrected chi connectivity index (χ0v) is 38.7. The molecule has 0 aromatic heterocycles.